The van der Waals surface area contributed by atoms with Crippen molar-refractivity contribution in [3.8, 4) is 0 Å². The van der Waals surface area contributed by atoms with E-state index in [1.165, 1.54) is 10.9 Å². The van der Waals surface area contributed by atoms with Crippen molar-refractivity contribution in [2.45, 2.75) is 26.4 Å². The maximum atomic E-state index is 12.7. The zero-order valence-electron chi connectivity index (χ0n) is 15.7. The monoisotopic (exact) mass is 375 g/mol. The highest BCUT2D eigenvalue weighted by molar-refractivity contribution is 5.79. The minimum Gasteiger partial charge on any atom is -0.344 e. The summed E-state index contributed by atoms with van der Waals surface area (Å²) >= 11 is 0. The van der Waals surface area contributed by atoms with Gasteiger partial charge in [0.15, 0.2) is 0 Å². The van der Waals surface area contributed by atoms with E-state index in [9.17, 15) is 9.59 Å². The van der Waals surface area contributed by atoms with E-state index in [2.05, 4.69) is 20.3 Å². The summed E-state index contributed by atoms with van der Waals surface area (Å²) in [6, 6.07) is 14.5. The third kappa shape index (κ3) is 3.38. The van der Waals surface area contributed by atoms with Gasteiger partial charge in [-0.05, 0) is 30.2 Å². The SMILES string of the molecule is CC(C)[C@H](NC(=O)Cn1cnc2ccccc2c1=O)c1nc2ccccc2[nH]1. The van der Waals surface area contributed by atoms with Crippen LogP contribution in [0.1, 0.15) is 25.7 Å². The predicted molar refractivity (Wildman–Crippen MR) is 108 cm³/mol. The van der Waals surface area contributed by atoms with Gasteiger partial charge in [-0.1, -0.05) is 38.1 Å². The molecule has 4 aromatic rings. The van der Waals surface area contributed by atoms with Gasteiger partial charge in [-0.2, -0.15) is 0 Å². The second-order valence-corrected chi connectivity index (χ2v) is 7.12. The number of aromatic nitrogens is 4. The molecule has 2 heterocycles. The molecule has 28 heavy (non-hydrogen) atoms. The Morgan fingerprint density at radius 1 is 1.11 bits per heavy atom. The van der Waals surface area contributed by atoms with Crippen molar-refractivity contribution in [2.24, 2.45) is 5.92 Å². The first-order valence-electron chi connectivity index (χ1n) is 9.21. The fraction of sp³-hybridized carbons (Fsp3) is 0.238. The van der Waals surface area contributed by atoms with Crippen LogP contribution in [0, 0.1) is 5.92 Å². The lowest BCUT2D eigenvalue weighted by atomic mass is 10.0. The number of hydrogen-bond acceptors (Lipinski definition) is 4. The van der Waals surface area contributed by atoms with E-state index in [1.54, 1.807) is 18.2 Å². The van der Waals surface area contributed by atoms with Crippen LogP contribution in [0.25, 0.3) is 21.9 Å². The van der Waals surface area contributed by atoms with E-state index >= 15 is 0 Å². The quantitative estimate of drug-likeness (QED) is 0.561. The second kappa shape index (κ2) is 7.26. The van der Waals surface area contributed by atoms with Crippen molar-refractivity contribution >= 4 is 27.8 Å². The topological polar surface area (TPSA) is 92.7 Å². The van der Waals surface area contributed by atoms with Crippen LogP contribution in [0.2, 0.25) is 0 Å². The summed E-state index contributed by atoms with van der Waals surface area (Å²) in [6.07, 6.45) is 1.41. The number of imidazole rings is 1. The Morgan fingerprint density at radius 3 is 2.57 bits per heavy atom. The van der Waals surface area contributed by atoms with Crippen LogP contribution in [0.4, 0.5) is 0 Å². The van der Waals surface area contributed by atoms with E-state index < -0.39 is 0 Å². The Bertz CT molecular complexity index is 1180. The first kappa shape index (κ1) is 17.9. The van der Waals surface area contributed by atoms with E-state index in [4.69, 9.17) is 0 Å². The molecule has 2 N–H and O–H groups in total. The first-order valence-corrected chi connectivity index (χ1v) is 9.21. The van der Waals surface area contributed by atoms with Crippen LogP contribution in [0.3, 0.4) is 0 Å². The molecule has 0 unspecified atom stereocenters. The number of amides is 1. The van der Waals surface area contributed by atoms with Crippen LogP contribution in [-0.2, 0) is 11.3 Å². The summed E-state index contributed by atoms with van der Waals surface area (Å²) in [7, 11) is 0. The molecule has 0 bridgehead atoms. The number of carbonyl (C=O) groups excluding carboxylic acids is 1. The number of H-pyrrole nitrogens is 1. The van der Waals surface area contributed by atoms with Crippen LogP contribution < -0.4 is 10.9 Å². The van der Waals surface area contributed by atoms with Gasteiger partial charge in [0.2, 0.25) is 5.91 Å². The Balaban J connectivity index is 1.57. The lowest BCUT2D eigenvalue weighted by molar-refractivity contribution is -0.122. The zero-order chi connectivity index (χ0) is 19.7. The summed E-state index contributed by atoms with van der Waals surface area (Å²) < 4.78 is 1.33. The molecule has 4 rings (SSSR count). The number of para-hydroxylation sites is 3. The maximum Gasteiger partial charge on any atom is 0.261 e. The molecule has 0 radical (unpaired) electrons. The molecule has 0 aliphatic carbocycles. The predicted octanol–water partition coefficient (Wildman–Crippen LogP) is 2.79. The number of fused-ring (bicyclic) bond motifs is 2. The number of hydrogen-bond donors (Lipinski definition) is 2. The van der Waals surface area contributed by atoms with Crippen LogP contribution >= 0.6 is 0 Å². The van der Waals surface area contributed by atoms with Crippen molar-refractivity contribution in [3.05, 3.63) is 71.0 Å². The van der Waals surface area contributed by atoms with Crippen LogP contribution in [0.5, 0.6) is 0 Å². The molecule has 7 heteroatoms. The molecule has 1 amide bonds. The highest BCUT2D eigenvalue weighted by Crippen LogP contribution is 2.22. The molecule has 142 valence electrons. The van der Waals surface area contributed by atoms with Crippen molar-refractivity contribution in [3.63, 3.8) is 0 Å². The summed E-state index contributed by atoms with van der Waals surface area (Å²) in [5.74, 6) is 0.558. The molecular weight excluding hydrogens is 354 g/mol. The van der Waals surface area contributed by atoms with E-state index in [0.29, 0.717) is 16.7 Å². The van der Waals surface area contributed by atoms with Crippen molar-refractivity contribution in [1.82, 2.24) is 24.8 Å². The van der Waals surface area contributed by atoms with Gasteiger partial charge in [-0.25, -0.2) is 9.97 Å². The molecule has 2 aromatic heterocycles. The van der Waals surface area contributed by atoms with Gasteiger partial charge in [-0.15, -0.1) is 0 Å². The molecule has 0 aliphatic rings. The lowest BCUT2D eigenvalue weighted by Gasteiger charge is -2.20. The number of nitrogens with one attached hydrogen (secondary N) is 2. The number of rotatable bonds is 5. The standard InChI is InChI=1S/C21H21N5O2/c1-13(2)19(20-23-16-9-5-6-10-17(16)24-20)25-18(27)11-26-12-22-15-8-4-3-7-14(15)21(26)28/h3-10,12-13,19H,11H2,1-2H3,(H,23,24)(H,25,27)/t19-/m0/s1. The zero-order valence-corrected chi connectivity index (χ0v) is 15.7. The van der Waals surface area contributed by atoms with Gasteiger partial charge in [0.25, 0.3) is 5.56 Å². The molecule has 0 spiro atoms. The van der Waals surface area contributed by atoms with E-state index in [1.807, 2.05) is 44.2 Å². The first-order chi connectivity index (χ1) is 13.5. The summed E-state index contributed by atoms with van der Waals surface area (Å²) in [5.41, 5.74) is 2.16. The van der Waals surface area contributed by atoms with E-state index in [0.717, 1.165) is 11.0 Å². The Kier molecular flexibility index (Phi) is 4.65. The summed E-state index contributed by atoms with van der Waals surface area (Å²) in [6.45, 7) is 3.93. The minimum atomic E-state index is -0.288. The molecule has 0 saturated heterocycles. The Morgan fingerprint density at radius 2 is 1.82 bits per heavy atom. The number of aromatic amines is 1. The lowest BCUT2D eigenvalue weighted by Crippen LogP contribution is -2.37. The van der Waals surface area contributed by atoms with Crippen LogP contribution in [0.15, 0.2) is 59.7 Å². The highest BCUT2D eigenvalue weighted by Gasteiger charge is 2.22. The van der Waals surface area contributed by atoms with E-state index in [-0.39, 0.29) is 30.0 Å². The molecule has 1 atom stereocenters. The highest BCUT2D eigenvalue weighted by atomic mass is 16.2. The molecule has 0 aliphatic heterocycles. The van der Waals surface area contributed by atoms with Crippen molar-refractivity contribution < 1.29 is 4.79 Å². The Labute approximate surface area is 161 Å². The third-order valence-electron chi connectivity index (χ3n) is 4.73. The number of nitrogens with zero attached hydrogens (tertiary/aromatic N) is 3. The molecule has 0 fully saturated rings. The van der Waals surface area contributed by atoms with Gasteiger partial charge in [0.1, 0.15) is 12.4 Å². The summed E-state index contributed by atoms with van der Waals surface area (Å²) in [4.78, 5) is 37.4. The fourth-order valence-corrected chi connectivity index (χ4v) is 3.26. The largest absolute Gasteiger partial charge is 0.344 e. The average molecular weight is 375 g/mol. The molecule has 7 nitrogen and oxygen atoms in total. The number of carbonyl (C=O) groups is 1. The fourth-order valence-electron chi connectivity index (χ4n) is 3.26. The van der Waals surface area contributed by atoms with Crippen molar-refractivity contribution in [2.75, 3.05) is 0 Å². The van der Waals surface area contributed by atoms with Crippen molar-refractivity contribution in [1.29, 1.82) is 0 Å². The number of benzene rings is 2. The van der Waals surface area contributed by atoms with Gasteiger partial charge in [0, 0.05) is 0 Å². The van der Waals surface area contributed by atoms with Gasteiger partial charge in [0.05, 0.1) is 34.3 Å². The van der Waals surface area contributed by atoms with Crippen LogP contribution in [-0.4, -0.2) is 25.4 Å². The Hall–Kier alpha value is -3.48. The third-order valence-corrected chi connectivity index (χ3v) is 4.73. The molecular formula is C21H21N5O2. The molecule has 0 saturated carbocycles. The second-order valence-electron chi connectivity index (χ2n) is 7.12. The maximum absolute atomic E-state index is 12.7. The van der Waals surface area contributed by atoms with Gasteiger partial charge in [-0.3, -0.25) is 14.2 Å². The normalized spacial score (nSPS) is 12.5. The van der Waals surface area contributed by atoms with Gasteiger partial charge < -0.3 is 10.3 Å². The smallest absolute Gasteiger partial charge is 0.261 e. The average Bonchev–Trinajstić information content (AvgIpc) is 3.12. The summed E-state index contributed by atoms with van der Waals surface area (Å²) in [5, 5.41) is 3.49. The van der Waals surface area contributed by atoms with Gasteiger partial charge >= 0.3 is 0 Å². The minimum absolute atomic E-state index is 0.0971. The molecule has 2 aromatic carbocycles.